The van der Waals surface area contributed by atoms with Crippen molar-refractivity contribution in [3.05, 3.63) is 58.9 Å². The number of aliphatic imine (C=N–C) groups is 1. The SMILES string of the molecule is CC[C@@H]1CSC2=N[C@H](c3ccccn3)[C@@H](c3cc(Cl)ccc3OC)N21. The topological polar surface area (TPSA) is 37.7 Å². The number of pyridine rings is 1. The number of ether oxygens (including phenoxy) is 1. The maximum absolute atomic E-state index is 6.33. The summed E-state index contributed by atoms with van der Waals surface area (Å²) in [4.78, 5) is 12.0. The van der Waals surface area contributed by atoms with Gasteiger partial charge < -0.3 is 9.64 Å². The van der Waals surface area contributed by atoms with Gasteiger partial charge in [-0.1, -0.05) is 36.4 Å². The standard InChI is InChI=1S/C19H20ClN3OS/c1-3-13-11-25-19-22-17(15-6-4-5-9-21-15)18(23(13)19)14-10-12(20)7-8-16(14)24-2/h4-10,13,17-18H,3,11H2,1-2H3/t13-,17-,18-/m1/s1. The quantitative estimate of drug-likeness (QED) is 0.776. The second-order valence-corrected chi connectivity index (χ2v) is 7.65. The van der Waals surface area contributed by atoms with Gasteiger partial charge in [-0.25, -0.2) is 0 Å². The fourth-order valence-corrected chi connectivity index (χ4v) is 5.14. The molecule has 130 valence electrons. The van der Waals surface area contributed by atoms with Crippen LogP contribution in [0.25, 0.3) is 0 Å². The van der Waals surface area contributed by atoms with E-state index < -0.39 is 0 Å². The minimum atomic E-state index is -0.0505. The number of nitrogens with zero attached hydrogens (tertiary/aromatic N) is 3. The van der Waals surface area contributed by atoms with Crippen LogP contribution in [0.5, 0.6) is 5.75 Å². The summed E-state index contributed by atoms with van der Waals surface area (Å²) in [7, 11) is 1.70. The molecular weight excluding hydrogens is 354 g/mol. The number of halogens is 1. The Morgan fingerprint density at radius 3 is 2.92 bits per heavy atom. The van der Waals surface area contributed by atoms with Gasteiger partial charge in [-0.3, -0.25) is 9.98 Å². The van der Waals surface area contributed by atoms with Crippen molar-refractivity contribution in [1.29, 1.82) is 0 Å². The smallest absolute Gasteiger partial charge is 0.160 e. The lowest BCUT2D eigenvalue weighted by Gasteiger charge is -2.32. The van der Waals surface area contributed by atoms with Crippen LogP contribution in [0.1, 0.15) is 36.7 Å². The molecule has 1 aromatic carbocycles. The van der Waals surface area contributed by atoms with Crippen molar-refractivity contribution in [2.45, 2.75) is 31.5 Å². The number of rotatable bonds is 4. The molecule has 0 spiro atoms. The molecule has 4 rings (SSSR count). The van der Waals surface area contributed by atoms with Gasteiger partial charge in [0.2, 0.25) is 0 Å². The van der Waals surface area contributed by atoms with Crippen LogP contribution >= 0.6 is 23.4 Å². The molecule has 6 heteroatoms. The Hall–Kier alpha value is -1.72. The molecule has 4 nitrogen and oxygen atoms in total. The Balaban J connectivity index is 1.85. The van der Waals surface area contributed by atoms with E-state index in [1.165, 1.54) is 0 Å². The molecule has 25 heavy (non-hydrogen) atoms. The molecule has 0 saturated carbocycles. The van der Waals surface area contributed by atoms with Gasteiger partial charge in [0.05, 0.1) is 18.8 Å². The second-order valence-electron chi connectivity index (χ2n) is 6.22. The molecule has 1 saturated heterocycles. The zero-order valence-electron chi connectivity index (χ0n) is 14.2. The average Bonchev–Trinajstić information content (AvgIpc) is 3.21. The van der Waals surface area contributed by atoms with Crippen LogP contribution in [0, 0.1) is 0 Å². The lowest BCUT2D eigenvalue weighted by Crippen LogP contribution is -2.35. The number of aromatic nitrogens is 1. The Morgan fingerprint density at radius 1 is 1.32 bits per heavy atom. The number of hydrogen-bond donors (Lipinski definition) is 0. The third kappa shape index (κ3) is 2.89. The molecule has 0 unspecified atom stereocenters. The summed E-state index contributed by atoms with van der Waals surface area (Å²) < 4.78 is 5.65. The molecule has 0 N–H and O–H groups in total. The summed E-state index contributed by atoms with van der Waals surface area (Å²) in [5.41, 5.74) is 2.05. The maximum Gasteiger partial charge on any atom is 0.160 e. The van der Waals surface area contributed by atoms with Gasteiger partial charge >= 0.3 is 0 Å². The Morgan fingerprint density at radius 2 is 2.20 bits per heavy atom. The van der Waals surface area contributed by atoms with Crippen LogP contribution in [0.3, 0.4) is 0 Å². The van der Waals surface area contributed by atoms with Crippen molar-refractivity contribution in [2.24, 2.45) is 4.99 Å². The molecule has 0 radical (unpaired) electrons. The number of fused-ring (bicyclic) bond motifs is 1. The minimum Gasteiger partial charge on any atom is -0.496 e. The van der Waals surface area contributed by atoms with Crippen molar-refractivity contribution in [1.82, 2.24) is 9.88 Å². The van der Waals surface area contributed by atoms with Crippen molar-refractivity contribution in [3.8, 4) is 5.75 Å². The summed E-state index contributed by atoms with van der Waals surface area (Å²) in [6.45, 7) is 2.23. The van der Waals surface area contributed by atoms with E-state index in [2.05, 4.69) is 16.8 Å². The summed E-state index contributed by atoms with van der Waals surface area (Å²) in [5.74, 6) is 1.92. The number of methoxy groups -OCH3 is 1. The van der Waals surface area contributed by atoms with Crippen LogP contribution in [0.2, 0.25) is 5.02 Å². The van der Waals surface area contributed by atoms with Crippen LogP contribution in [-0.2, 0) is 0 Å². The Bertz CT molecular complexity index is 799. The highest BCUT2D eigenvalue weighted by molar-refractivity contribution is 8.14. The van der Waals surface area contributed by atoms with E-state index >= 15 is 0 Å². The minimum absolute atomic E-state index is 0.0505. The first-order valence-corrected chi connectivity index (χ1v) is 9.82. The molecule has 3 atom stereocenters. The van der Waals surface area contributed by atoms with Gasteiger partial charge in [-0.15, -0.1) is 0 Å². The van der Waals surface area contributed by atoms with Crippen LogP contribution in [-0.4, -0.2) is 34.0 Å². The maximum atomic E-state index is 6.33. The monoisotopic (exact) mass is 373 g/mol. The van der Waals surface area contributed by atoms with E-state index in [1.54, 1.807) is 7.11 Å². The van der Waals surface area contributed by atoms with E-state index in [4.69, 9.17) is 21.3 Å². The number of amidine groups is 1. The summed E-state index contributed by atoms with van der Waals surface area (Å²) in [6, 6.07) is 12.3. The van der Waals surface area contributed by atoms with Gasteiger partial charge in [0, 0.05) is 28.6 Å². The van der Waals surface area contributed by atoms with Crippen molar-refractivity contribution in [2.75, 3.05) is 12.9 Å². The van der Waals surface area contributed by atoms with Gasteiger partial charge in [0.1, 0.15) is 11.8 Å². The highest BCUT2D eigenvalue weighted by Gasteiger charge is 2.46. The number of hydrogen-bond acceptors (Lipinski definition) is 5. The molecular formula is C19H20ClN3OS. The van der Waals surface area contributed by atoms with Crippen molar-refractivity contribution in [3.63, 3.8) is 0 Å². The third-order valence-electron chi connectivity index (χ3n) is 4.84. The van der Waals surface area contributed by atoms with E-state index in [9.17, 15) is 0 Å². The zero-order chi connectivity index (χ0) is 17.4. The highest BCUT2D eigenvalue weighted by Crippen LogP contribution is 2.50. The fourth-order valence-electron chi connectivity index (χ4n) is 3.62. The first-order valence-electron chi connectivity index (χ1n) is 8.46. The lowest BCUT2D eigenvalue weighted by molar-refractivity contribution is 0.249. The molecule has 0 bridgehead atoms. The van der Waals surface area contributed by atoms with Gasteiger partial charge in [0.25, 0.3) is 0 Å². The van der Waals surface area contributed by atoms with Crippen molar-refractivity contribution < 1.29 is 4.74 Å². The fraction of sp³-hybridized carbons (Fsp3) is 0.368. The Labute approximate surface area is 157 Å². The molecule has 1 aromatic heterocycles. The summed E-state index contributed by atoms with van der Waals surface area (Å²) in [5, 5.41) is 1.82. The van der Waals surface area contributed by atoms with Crippen LogP contribution in [0.4, 0.5) is 0 Å². The van der Waals surface area contributed by atoms with Crippen LogP contribution < -0.4 is 4.74 Å². The molecule has 2 aromatic rings. The third-order valence-corrected chi connectivity index (χ3v) is 6.20. The van der Waals surface area contributed by atoms with E-state index in [0.29, 0.717) is 11.1 Å². The number of thioether (sulfide) groups is 1. The molecule has 2 aliphatic heterocycles. The predicted octanol–water partition coefficient (Wildman–Crippen LogP) is 4.72. The second kappa shape index (κ2) is 6.89. The zero-order valence-corrected chi connectivity index (χ0v) is 15.8. The first-order chi connectivity index (χ1) is 12.2. The molecule has 0 amide bonds. The Kier molecular flexibility index (Phi) is 4.61. The van der Waals surface area contributed by atoms with E-state index in [0.717, 1.165) is 34.3 Å². The molecule has 3 heterocycles. The predicted molar refractivity (Wildman–Crippen MR) is 104 cm³/mol. The first kappa shape index (κ1) is 16.7. The molecule has 1 fully saturated rings. The lowest BCUT2D eigenvalue weighted by atomic mass is 9.94. The largest absolute Gasteiger partial charge is 0.496 e. The summed E-state index contributed by atoms with van der Waals surface area (Å²) >= 11 is 8.16. The highest BCUT2D eigenvalue weighted by atomic mass is 35.5. The van der Waals surface area contributed by atoms with Gasteiger partial charge in [-0.05, 0) is 36.8 Å². The average molecular weight is 374 g/mol. The molecule has 0 aliphatic carbocycles. The normalized spacial score (nSPS) is 25.0. The van der Waals surface area contributed by atoms with Gasteiger partial charge in [0.15, 0.2) is 5.17 Å². The van der Waals surface area contributed by atoms with Gasteiger partial charge in [-0.2, -0.15) is 0 Å². The van der Waals surface area contributed by atoms with E-state index in [-0.39, 0.29) is 12.1 Å². The molecule has 2 aliphatic rings. The number of benzene rings is 1. The van der Waals surface area contributed by atoms with Crippen molar-refractivity contribution >= 4 is 28.5 Å². The van der Waals surface area contributed by atoms with E-state index in [1.807, 2.05) is 54.4 Å². The summed E-state index contributed by atoms with van der Waals surface area (Å²) in [6.07, 6.45) is 2.91. The van der Waals surface area contributed by atoms with Crippen LogP contribution in [0.15, 0.2) is 47.6 Å².